The molecule has 0 radical (unpaired) electrons. The molecule has 1 saturated heterocycles. The van der Waals surface area contributed by atoms with Gasteiger partial charge >= 0.3 is 0 Å². The summed E-state index contributed by atoms with van der Waals surface area (Å²) < 4.78 is 5.37. The molecular formula is C14H17Cl2N5O. The van der Waals surface area contributed by atoms with Gasteiger partial charge in [-0.05, 0) is 12.5 Å². The standard InChI is InChI=1S/C14H17Cl2N5O/c15-3-2-11-12(16)18-14(20-6-8-22-9-7-20)19-13(11)21-5-1-4-17-10-21/h1,4-5H,2-3,6-10H2. The fraction of sp³-hybridized carbons (Fsp3) is 0.500. The Balaban J connectivity index is 1.97. The van der Waals surface area contributed by atoms with Gasteiger partial charge in [0, 0.05) is 36.9 Å². The summed E-state index contributed by atoms with van der Waals surface area (Å²) in [6.45, 7) is 3.39. The van der Waals surface area contributed by atoms with Gasteiger partial charge in [-0.3, -0.25) is 4.99 Å². The zero-order valence-corrected chi connectivity index (χ0v) is 13.6. The minimum Gasteiger partial charge on any atom is -0.378 e. The van der Waals surface area contributed by atoms with Crippen LogP contribution in [0, 0.1) is 0 Å². The second-order valence-corrected chi connectivity index (χ2v) is 5.68. The van der Waals surface area contributed by atoms with Crippen molar-refractivity contribution in [2.24, 2.45) is 4.99 Å². The van der Waals surface area contributed by atoms with Crippen LogP contribution >= 0.6 is 23.2 Å². The largest absolute Gasteiger partial charge is 0.378 e. The molecule has 3 heterocycles. The normalized spacial score (nSPS) is 18.1. The molecule has 0 amide bonds. The molecule has 0 aromatic carbocycles. The first-order valence-corrected chi connectivity index (χ1v) is 8.09. The van der Waals surface area contributed by atoms with Gasteiger partial charge in [0.1, 0.15) is 17.6 Å². The minimum absolute atomic E-state index is 0.454. The van der Waals surface area contributed by atoms with E-state index in [1.165, 1.54) is 0 Å². The lowest BCUT2D eigenvalue weighted by Gasteiger charge is -2.29. The van der Waals surface area contributed by atoms with Crippen LogP contribution < -0.4 is 9.80 Å². The predicted octanol–water partition coefficient (Wildman–Crippen LogP) is 2.11. The smallest absolute Gasteiger partial charge is 0.228 e. The van der Waals surface area contributed by atoms with E-state index in [9.17, 15) is 0 Å². The summed E-state index contributed by atoms with van der Waals surface area (Å²) in [5.74, 6) is 1.87. The quantitative estimate of drug-likeness (QED) is 0.620. The first-order chi connectivity index (χ1) is 10.8. The Morgan fingerprint density at radius 2 is 2.05 bits per heavy atom. The molecule has 22 heavy (non-hydrogen) atoms. The van der Waals surface area contributed by atoms with Crippen LogP contribution in [0.1, 0.15) is 5.56 Å². The van der Waals surface area contributed by atoms with Crippen LogP contribution in [0.4, 0.5) is 11.8 Å². The number of aromatic nitrogens is 2. The van der Waals surface area contributed by atoms with Crippen molar-refractivity contribution >= 4 is 41.2 Å². The maximum absolute atomic E-state index is 6.39. The predicted molar refractivity (Wildman–Crippen MR) is 89.5 cm³/mol. The van der Waals surface area contributed by atoms with E-state index in [1.54, 1.807) is 6.21 Å². The monoisotopic (exact) mass is 341 g/mol. The Labute approximate surface area is 139 Å². The summed E-state index contributed by atoms with van der Waals surface area (Å²) in [4.78, 5) is 17.5. The molecule has 0 unspecified atom stereocenters. The molecule has 0 bridgehead atoms. The Morgan fingerprint density at radius 3 is 2.73 bits per heavy atom. The molecule has 8 heteroatoms. The Bertz CT molecular complexity index is 587. The fourth-order valence-electron chi connectivity index (χ4n) is 2.41. The zero-order valence-electron chi connectivity index (χ0n) is 12.1. The molecular weight excluding hydrogens is 325 g/mol. The average molecular weight is 342 g/mol. The number of anilines is 2. The molecule has 1 aromatic heterocycles. The van der Waals surface area contributed by atoms with Crippen LogP contribution in [0.25, 0.3) is 0 Å². The van der Waals surface area contributed by atoms with Crippen molar-refractivity contribution in [2.75, 3.05) is 48.7 Å². The van der Waals surface area contributed by atoms with Crippen molar-refractivity contribution < 1.29 is 4.74 Å². The van der Waals surface area contributed by atoms with E-state index < -0.39 is 0 Å². The second kappa shape index (κ2) is 7.26. The lowest BCUT2D eigenvalue weighted by atomic mass is 10.2. The third-order valence-electron chi connectivity index (χ3n) is 3.52. The van der Waals surface area contributed by atoms with E-state index in [4.69, 9.17) is 32.9 Å². The van der Waals surface area contributed by atoms with Crippen molar-refractivity contribution in [2.45, 2.75) is 6.42 Å². The molecule has 0 aliphatic carbocycles. The van der Waals surface area contributed by atoms with Gasteiger partial charge in [-0.1, -0.05) is 11.6 Å². The zero-order chi connectivity index (χ0) is 15.4. The van der Waals surface area contributed by atoms with E-state index in [1.807, 2.05) is 17.2 Å². The lowest BCUT2D eigenvalue weighted by Crippen LogP contribution is -2.37. The summed E-state index contributed by atoms with van der Waals surface area (Å²) in [5.41, 5.74) is 0.857. The van der Waals surface area contributed by atoms with E-state index >= 15 is 0 Å². The Hall–Kier alpha value is -1.37. The highest BCUT2D eigenvalue weighted by Crippen LogP contribution is 2.29. The van der Waals surface area contributed by atoms with Gasteiger partial charge in [0.2, 0.25) is 5.95 Å². The molecule has 0 atom stereocenters. The number of aliphatic imine (C=N–C) groups is 1. The molecule has 6 nitrogen and oxygen atoms in total. The van der Waals surface area contributed by atoms with E-state index in [0.29, 0.717) is 43.3 Å². The van der Waals surface area contributed by atoms with Gasteiger partial charge in [0.25, 0.3) is 0 Å². The highest BCUT2D eigenvalue weighted by Gasteiger charge is 2.21. The van der Waals surface area contributed by atoms with Crippen molar-refractivity contribution in [3.05, 3.63) is 23.0 Å². The number of ether oxygens (including phenoxy) is 1. The maximum atomic E-state index is 6.39. The number of nitrogens with zero attached hydrogens (tertiary/aromatic N) is 5. The second-order valence-electron chi connectivity index (χ2n) is 4.94. The number of hydrogen-bond donors (Lipinski definition) is 0. The van der Waals surface area contributed by atoms with E-state index in [0.717, 1.165) is 24.5 Å². The van der Waals surface area contributed by atoms with Crippen LogP contribution in [-0.4, -0.2) is 55.0 Å². The van der Waals surface area contributed by atoms with Gasteiger partial charge < -0.3 is 14.5 Å². The van der Waals surface area contributed by atoms with Gasteiger partial charge in [-0.2, -0.15) is 4.98 Å². The van der Waals surface area contributed by atoms with Gasteiger partial charge in [0.05, 0.1) is 13.2 Å². The van der Waals surface area contributed by atoms with Crippen molar-refractivity contribution in [1.82, 2.24) is 9.97 Å². The summed E-state index contributed by atoms with van der Waals surface area (Å²) in [7, 11) is 0. The summed E-state index contributed by atoms with van der Waals surface area (Å²) in [5, 5.41) is 0.454. The minimum atomic E-state index is 0.454. The summed E-state index contributed by atoms with van der Waals surface area (Å²) in [6.07, 6.45) is 6.20. The molecule has 0 saturated carbocycles. The highest BCUT2D eigenvalue weighted by molar-refractivity contribution is 6.30. The van der Waals surface area contributed by atoms with Gasteiger partial charge in [-0.25, -0.2) is 4.98 Å². The molecule has 118 valence electrons. The highest BCUT2D eigenvalue weighted by atomic mass is 35.5. The SMILES string of the molecule is ClCCc1c(Cl)nc(N2CCOCC2)nc1N1C=CC=NC1. The third kappa shape index (κ3) is 3.34. The topological polar surface area (TPSA) is 53.9 Å². The van der Waals surface area contributed by atoms with Crippen LogP contribution in [0.5, 0.6) is 0 Å². The van der Waals surface area contributed by atoms with Gasteiger partial charge in [-0.15, -0.1) is 11.6 Å². The number of hydrogen-bond acceptors (Lipinski definition) is 6. The van der Waals surface area contributed by atoms with Crippen LogP contribution in [0.2, 0.25) is 5.15 Å². The first kappa shape index (κ1) is 15.5. The number of rotatable bonds is 4. The van der Waals surface area contributed by atoms with Crippen LogP contribution in [-0.2, 0) is 11.2 Å². The van der Waals surface area contributed by atoms with Gasteiger partial charge in [0.15, 0.2) is 0 Å². The van der Waals surface area contributed by atoms with Crippen molar-refractivity contribution in [3.8, 4) is 0 Å². The summed E-state index contributed by atoms with van der Waals surface area (Å²) >= 11 is 12.3. The summed E-state index contributed by atoms with van der Waals surface area (Å²) in [6, 6.07) is 0. The lowest BCUT2D eigenvalue weighted by molar-refractivity contribution is 0.122. The molecule has 3 rings (SSSR count). The number of morpholine rings is 1. The molecule has 0 N–H and O–H groups in total. The molecule has 1 aromatic rings. The molecule has 2 aliphatic heterocycles. The third-order valence-corrected chi connectivity index (χ3v) is 4.03. The van der Waals surface area contributed by atoms with E-state index in [-0.39, 0.29) is 0 Å². The van der Waals surface area contributed by atoms with Crippen molar-refractivity contribution in [1.29, 1.82) is 0 Å². The van der Waals surface area contributed by atoms with Crippen molar-refractivity contribution in [3.63, 3.8) is 0 Å². The Kier molecular flexibility index (Phi) is 5.12. The average Bonchev–Trinajstić information content (AvgIpc) is 2.58. The number of allylic oxidation sites excluding steroid dienone is 1. The number of halogens is 2. The number of alkyl halides is 1. The molecule has 0 spiro atoms. The first-order valence-electron chi connectivity index (χ1n) is 7.18. The van der Waals surface area contributed by atoms with Crippen LogP contribution in [0.3, 0.4) is 0 Å². The molecule has 2 aliphatic rings. The van der Waals surface area contributed by atoms with Crippen LogP contribution in [0.15, 0.2) is 17.3 Å². The molecule has 1 fully saturated rings. The van der Waals surface area contributed by atoms with E-state index in [2.05, 4.69) is 14.9 Å². The fourth-order valence-corrected chi connectivity index (χ4v) is 2.85. The Morgan fingerprint density at radius 1 is 1.23 bits per heavy atom. The maximum Gasteiger partial charge on any atom is 0.228 e.